The molecule has 3 amide bonds. The number of amides is 3. The number of carbonyl (C=O) groups is 3. The fraction of sp³-hybridized carbons (Fsp3) is 0.280. The molecule has 2 aromatic carbocycles. The smallest absolute Gasteiger partial charge is 0.265 e. The standard InChI is InChI=1S/C25H27N3O5S/c1-4-5-12-28-24(31)21(23(30)27-25(28)34)14-17-6-11-22(32-3)18(13-17)15-33-20-9-7-19(8-10-20)26-16(2)29/h6-11,13-14H,4-5,12,15H2,1-3H3,(H,26,29)(H,27,30,34)/b21-14-. The van der Waals surface area contributed by atoms with Gasteiger partial charge in [-0.25, -0.2) is 0 Å². The fourth-order valence-electron chi connectivity index (χ4n) is 3.38. The average Bonchev–Trinajstić information content (AvgIpc) is 2.81. The zero-order chi connectivity index (χ0) is 24.7. The van der Waals surface area contributed by atoms with Gasteiger partial charge in [0.15, 0.2) is 5.11 Å². The van der Waals surface area contributed by atoms with Crippen molar-refractivity contribution < 1.29 is 23.9 Å². The van der Waals surface area contributed by atoms with Crippen LogP contribution < -0.4 is 20.1 Å². The molecular formula is C25H27N3O5S. The summed E-state index contributed by atoms with van der Waals surface area (Å²) in [5.41, 5.74) is 2.09. The second-order valence-corrected chi connectivity index (χ2v) is 8.08. The summed E-state index contributed by atoms with van der Waals surface area (Å²) in [6.07, 6.45) is 3.23. The predicted octanol–water partition coefficient (Wildman–Crippen LogP) is 3.66. The molecule has 0 aliphatic carbocycles. The second kappa shape index (κ2) is 11.4. The first kappa shape index (κ1) is 24.9. The minimum Gasteiger partial charge on any atom is -0.496 e. The molecule has 1 fully saturated rings. The van der Waals surface area contributed by atoms with Crippen molar-refractivity contribution >= 4 is 46.8 Å². The molecule has 0 bridgehead atoms. The second-order valence-electron chi connectivity index (χ2n) is 7.69. The number of nitrogens with zero attached hydrogens (tertiary/aromatic N) is 1. The van der Waals surface area contributed by atoms with Crippen LogP contribution in [-0.2, 0) is 21.0 Å². The van der Waals surface area contributed by atoms with Crippen LogP contribution in [0, 0.1) is 0 Å². The Morgan fingerprint density at radius 2 is 1.91 bits per heavy atom. The van der Waals surface area contributed by atoms with Gasteiger partial charge in [0.05, 0.1) is 7.11 Å². The predicted molar refractivity (Wildman–Crippen MR) is 133 cm³/mol. The molecule has 0 spiro atoms. The summed E-state index contributed by atoms with van der Waals surface area (Å²) in [7, 11) is 1.56. The van der Waals surface area contributed by atoms with Crippen molar-refractivity contribution in [2.75, 3.05) is 19.0 Å². The molecule has 0 unspecified atom stereocenters. The SMILES string of the molecule is CCCCN1C(=O)/C(=C\c2ccc(OC)c(COc3ccc(NC(C)=O)cc3)c2)C(=O)NC1=S. The minimum absolute atomic E-state index is 0.0234. The Balaban J connectivity index is 1.79. The number of nitrogens with one attached hydrogen (secondary N) is 2. The van der Waals surface area contributed by atoms with Crippen LogP contribution in [0.5, 0.6) is 11.5 Å². The quantitative estimate of drug-likeness (QED) is 0.322. The van der Waals surface area contributed by atoms with E-state index in [0.29, 0.717) is 29.3 Å². The molecule has 1 saturated heterocycles. The van der Waals surface area contributed by atoms with Gasteiger partial charge in [-0.3, -0.25) is 24.6 Å². The maximum atomic E-state index is 12.9. The summed E-state index contributed by atoms with van der Waals surface area (Å²) in [5.74, 6) is 0.152. The van der Waals surface area contributed by atoms with Crippen LogP contribution in [0.15, 0.2) is 48.0 Å². The molecule has 0 radical (unpaired) electrons. The number of rotatable bonds is 9. The van der Waals surface area contributed by atoms with Crippen molar-refractivity contribution in [1.29, 1.82) is 0 Å². The van der Waals surface area contributed by atoms with Crippen LogP contribution in [0.25, 0.3) is 6.08 Å². The van der Waals surface area contributed by atoms with Crippen LogP contribution in [-0.4, -0.2) is 41.4 Å². The van der Waals surface area contributed by atoms with Crippen LogP contribution in [0.3, 0.4) is 0 Å². The van der Waals surface area contributed by atoms with Crippen LogP contribution in [0.1, 0.15) is 37.8 Å². The average molecular weight is 482 g/mol. The highest BCUT2D eigenvalue weighted by Gasteiger charge is 2.32. The number of thiocarbonyl (C=S) groups is 1. The molecule has 8 nitrogen and oxygen atoms in total. The maximum absolute atomic E-state index is 12.9. The number of anilines is 1. The Morgan fingerprint density at radius 3 is 2.56 bits per heavy atom. The van der Waals surface area contributed by atoms with Gasteiger partial charge in [-0.2, -0.15) is 0 Å². The summed E-state index contributed by atoms with van der Waals surface area (Å²) in [4.78, 5) is 37.9. The van der Waals surface area contributed by atoms with Gasteiger partial charge in [0.25, 0.3) is 11.8 Å². The van der Waals surface area contributed by atoms with E-state index >= 15 is 0 Å². The van der Waals surface area contributed by atoms with Gasteiger partial charge in [0, 0.05) is 24.7 Å². The summed E-state index contributed by atoms with van der Waals surface area (Å²) in [6, 6.07) is 12.3. The summed E-state index contributed by atoms with van der Waals surface area (Å²) >= 11 is 5.17. The topological polar surface area (TPSA) is 97.0 Å². The van der Waals surface area contributed by atoms with Crippen molar-refractivity contribution in [2.24, 2.45) is 0 Å². The van der Waals surface area contributed by atoms with Crippen molar-refractivity contribution in [3.05, 3.63) is 59.2 Å². The van der Waals surface area contributed by atoms with Crippen LogP contribution >= 0.6 is 12.2 Å². The first-order valence-electron chi connectivity index (χ1n) is 10.9. The maximum Gasteiger partial charge on any atom is 0.265 e. The first-order valence-corrected chi connectivity index (χ1v) is 11.3. The summed E-state index contributed by atoms with van der Waals surface area (Å²) < 4.78 is 11.3. The van der Waals surface area contributed by atoms with E-state index in [4.69, 9.17) is 21.7 Å². The molecule has 34 heavy (non-hydrogen) atoms. The Bertz CT molecular complexity index is 1130. The lowest BCUT2D eigenvalue weighted by atomic mass is 10.0. The largest absolute Gasteiger partial charge is 0.496 e. The molecular weight excluding hydrogens is 454 g/mol. The van der Waals surface area contributed by atoms with E-state index in [1.807, 2.05) is 6.92 Å². The zero-order valence-electron chi connectivity index (χ0n) is 19.3. The lowest BCUT2D eigenvalue weighted by molar-refractivity contribution is -0.129. The van der Waals surface area contributed by atoms with E-state index in [1.165, 1.54) is 11.8 Å². The van der Waals surface area contributed by atoms with Crippen molar-refractivity contribution in [3.8, 4) is 11.5 Å². The molecule has 1 aliphatic heterocycles. The van der Waals surface area contributed by atoms with E-state index in [-0.39, 0.29) is 23.2 Å². The Hall–Kier alpha value is -3.72. The molecule has 0 aromatic heterocycles. The fourth-order valence-corrected chi connectivity index (χ4v) is 3.65. The monoisotopic (exact) mass is 481 g/mol. The highest BCUT2D eigenvalue weighted by atomic mass is 32.1. The van der Waals surface area contributed by atoms with Crippen molar-refractivity contribution in [3.63, 3.8) is 0 Å². The summed E-state index contributed by atoms with van der Waals surface area (Å²) in [5, 5.41) is 5.43. The van der Waals surface area contributed by atoms with Gasteiger partial charge in [0.2, 0.25) is 5.91 Å². The lowest BCUT2D eigenvalue weighted by Crippen LogP contribution is -2.54. The minimum atomic E-state index is -0.518. The first-order chi connectivity index (χ1) is 16.3. The molecule has 9 heteroatoms. The molecule has 3 rings (SSSR count). The third-order valence-corrected chi connectivity index (χ3v) is 5.43. The highest BCUT2D eigenvalue weighted by molar-refractivity contribution is 7.80. The number of ether oxygens (including phenoxy) is 2. The highest BCUT2D eigenvalue weighted by Crippen LogP contribution is 2.25. The van der Waals surface area contributed by atoms with Gasteiger partial charge in [0.1, 0.15) is 23.7 Å². The van der Waals surface area contributed by atoms with E-state index in [9.17, 15) is 14.4 Å². The number of unbranched alkanes of at least 4 members (excludes halogenated alkanes) is 1. The third kappa shape index (κ3) is 6.20. The third-order valence-electron chi connectivity index (χ3n) is 5.11. The van der Waals surface area contributed by atoms with E-state index in [2.05, 4.69) is 10.6 Å². The van der Waals surface area contributed by atoms with Gasteiger partial charge in [-0.05, 0) is 66.7 Å². The van der Waals surface area contributed by atoms with Crippen molar-refractivity contribution in [2.45, 2.75) is 33.3 Å². The normalized spacial score (nSPS) is 14.7. The van der Waals surface area contributed by atoms with E-state index in [1.54, 1.807) is 55.7 Å². The Labute approximate surface area is 203 Å². The van der Waals surface area contributed by atoms with Gasteiger partial charge < -0.3 is 14.8 Å². The Morgan fingerprint density at radius 1 is 1.18 bits per heavy atom. The number of carbonyl (C=O) groups excluding carboxylic acids is 3. The molecule has 178 valence electrons. The molecule has 2 aromatic rings. The Kier molecular flexibility index (Phi) is 8.37. The number of benzene rings is 2. The van der Waals surface area contributed by atoms with Crippen LogP contribution in [0.4, 0.5) is 5.69 Å². The summed E-state index contributed by atoms with van der Waals surface area (Å²) in [6.45, 7) is 4.12. The van der Waals surface area contributed by atoms with Gasteiger partial charge in [-0.15, -0.1) is 0 Å². The number of hydrogen-bond donors (Lipinski definition) is 2. The van der Waals surface area contributed by atoms with Crippen LogP contribution in [0.2, 0.25) is 0 Å². The molecule has 0 saturated carbocycles. The molecule has 2 N–H and O–H groups in total. The van der Waals surface area contributed by atoms with Gasteiger partial charge >= 0.3 is 0 Å². The zero-order valence-corrected chi connectivity index (χ0v) is 20.2. The number of hydrogen-bond acceptors (Lipinski definition) is 6. The van der Waals surface area contributed by atoms with Crippen molar-refractivity contribution in [1.82, 2.24) is 10.2 Å². The molecule has 0 atom stereocenters. The van der Waals surface area contributed by atoms with Gasteiger partial charge in [-0.1, -0.05) is 19.4 Å². The van der Waals surface area contributed by atoms with E-state index < -0.39 is 11.8 Å². The number of methoxy groups -OCH3 is 1. The van der Waals surface area contributed by atoms with E-state index in [0.717, 1.165) is 18.4 Å². The molecule has 1 heterocycles. The lowest BCUT2D eigenvalue weighted by Gasteiger charge is -2.28. The molecule has 1 aliphatic rings.